The van der Waals surface area contributed by atoms with Gasteiger partial charge in [-0.2, -0.15) is 0 Å². The summed E-state index contributed by atoms with van der Waals surface area (Å²) in [5, 5.41) is 2.79. The Kier molecular flexibility index (Phi) is 4.28. The Labute approximate surface area is 111 Å². The van der Waals surface area contributed by atoms with Crippen LogP contribution in [0.3, 0.4) is 0 Å². The molecule has 0 saturated heterocycles. The van der Waals surface area contributed by atoms with Crippen LogP contribution in [0.1, 0.15) is 25.3 Å². The van der Waals surface area contributed by atoms with E-state index >= 15 is 0 Å². The Morgan fingerprint density at radius 2 is 2.16 bits per heavy atom. The smallest absolute Gasteiger partial charge is 0.220 e. The minimum Gasteiger partial charge on any atom is -0.443 e. The lowest BCUT2D eigenvalue weighted by Gasteiger charge is -2.04. The van der Waals surface area contributed by atoms with Crippen molar-refractivity contribution >= 4 is 22.8 Å². The molecule has 0 aliphatic rings. The van der Waals surface area contributed by atoms with Crippen molar-refractivity contribution in [2.45, 2.75) is 26.2 Å². The molecule has 1 aromatic carbocycles. The molecule has 0 atom stereocenters. The third kappa shape index (κ3) is 3.91. The number of benzene rings is 1. The van der Waals surface area contributed by atoms with Crippen molar-refractivity contribution in [3.8, 4) is 0 Å². The summed E-state index contributed by atoms with van der Waals surface area (Å²) >= 11 is 0. The number of carbonyl (C=O) groups excluding carboxylic acids is 2. The normalized spacial score (nSPS) is 10.6. The number of oxazole rings is 1. The first-order valence-electron chi connectivity index (χ1n) is 6.23. The second kappa shape index (κ2) is 6.13. The van der Waals surface area contributed by atoms with Crippen LogP contribution in [0.4, 0.5) is 0 Å². The van der Waals surface area contributed by atoms with Crippen molar-refractivity contribution in [2.24, 2.45) is 0 Å². The Balaban J connectivity index is 1.78. The molecule has 0 fully saturated rings. The third-order valence-corrected chi connectivity index (χ3v) is 2.84. The van der Waals surface area contributed by atoms with Gasteiger partial charge in [-0.15, -0.1) is 0 Å². The SMILES string of the molecule is CC(=O)CCC(=O)NCCc1ccc2ncoc2c1. The topological polar surface area (TPSA) is 72.2 Å². The maximum absolute atomic E-state index is 11.4. The van der Waals surface area contributed by atoms with Crippen molar-refractivity contribution in [3.63, 3.8) is 0 Å². The van der Waals surface area contributed by atoms with Crippen LogP contribution in [0.25, 0.3) is 11.1 Å². The Bertz CT molecular complexity index is 589. The van der Waals surface area contributed by atoms with Crippen LogP contribution in [0, 0.1) is 0 Å². The summed E-state index contributed by atoms with van der Waals surface area (Å²) in [6, 6.07) is 5.78. The summed E-state index contributed by atoms with van der Waals surface area (Å²) in [6.07, 6.45) is 2.70. The molecule has 1 aromatic heterocycles. The molecule has 0 unspecified atom stereocenters. The van der Waals surface area contributed by atoms with E-state index in [-0.39, 0.29) is 18.1 Å². The van der Waals surface area contributed by atoms with Gasteiger partial charge in [-0.1, -0.05) is 6.07 Å². The van der Waals surface area contributed by atoms with Crippen LogP contribution >= 0.6 is 0 Å². The largest absolute Gasteiger partial charge is 0.443 e. The highest BCUT2D eigenvalue weighted by molar-refractivity contribution is 5.83. The van der Waals surface area contributed by atoms with E-state index in [1.54, 1.807) is 0 Å². The van der Waals surface area contributed by atoms with Gasteiger partial charge >= 0.3 is 0 Å². The molecule has 19 heavy (non-hydrogen) atoms. The predicted molar refractivity (Wildman–Crippen MR) is 70.6 cm³/mol. The molecule has 0 saturated carbocycles. The first-order valence-corrected chi connectivity index (χ1v) is 6.23. The molecule has 0 radical (unpaired) electrons. The molecule has 5 nitrogen and oxygen atoms in total. The lowest BCUT2D eigenvalue weighted by molar-refractivity contribution is -0.124. The van der Waals surface area contributed by atoms with E-state index in [0.29, 0.717) is 13.0 Å². The van der Waals surface area contributed by atoms with Gasteiger partial charge in [-0.05, 0) is 31.0 Å². The van der Waals surface area contributed by atoms with Gasteiger partial charge in [-0.25, -0.2) is 4.98 Å². The molecule has 2 aromatic rings. The molecule has 100 valence electrons. The number of rotatable bonds is 6. The van der Waals surface area contributed by atoms with E-state index < -0.39 is 0 Å². The van der Waals surface area contributed by atoms with E-state index in [2.05, 4.69) is 10.3 Å². The summed E-state index contributed by atoms with van der Waals surface area (Å²) in [7, 11) is 0. The Hall–Kier alpha value is -2.17. The van der Waals surface area contributed by atoms with Crippen molar-refractivity contribution in [3.05, 3.63) is 30.2 Å². The van der Waals surface area contributed by atoms with E-state index in [1.807, 2.05) is 18.2 Å². The number of nitrogens with zero attached hydrogens (tertiary/aromatic N) is 1. The summed E-state index contributed by atoms with van der Waals surface area (Å²) < 4.78 is 5.21. The molecule has 0 aliphatic heterocycles. The van der Waals surface area contributed by atoms with Crippen LogP contribution in [0.15, 0.2) is 29.0 Å². The molecule has 1 heterocycles. The van der Waals surface area contributed by atoms with Crippen LogP contribution in [0.5, 0.6) is 0 Å². The fourth-order valence-corrected chi connectivity index (χ4v) is 1.78. The van der Waals surface area contributed by atoms with E-state index in [1.165, 1.54) is 13.3 Å². The number of nitrogens with one attached hydrogen (secondary N) is 1. The number of hydrogen-bond donors (Lipinski definition) is 1. The lowest BCUT2D eigenvalue weighted by atomic mass is 10.1. The third-order valence-electron chi connectivity index (χ3n) is 2.84. The van der Waals surface area contributed by atoms with Crippen LogP contribution in [0.2, 0.25) is 0 Å². The average Bonchev–Trinajstić information content (AvgIpc) is 2.83. The van der Waals surface area contributed by atoms with E-state index in [9.17, 15) is 9.59 Å². The minimum atomic E-state index is -0.0871. The zero-order chi connectivity index (χ0) is 13.7. The number of Topliss-reactive ketones (excluding diaryl/α,β-unsaturated/α-hetero) is 1. The molecule has 0 bridgehead atoms. The van der Waals surface area contributed by atoms with Crippen molar-refractivity contribution in [1.29, 1.82) is 0 Å². The summed E-state index contributed by atoms with van der Waals surface area (Å²) in [6.45, 7) is 2.04. The Morgan fingerprint density at radius 1 is 1.32 bits per heavy atom. The zero-order valence-electron chi connectivity index (χ0n) is 10.8. The van der Waals surface area contributed by atoms with Gasteiger partial charge in [0.2, 0.25) is 5.91 Å². The van der Waals surface area contributed by atoms with Gasteiger partial charge < -0.3 is 14.5 Å². The lowest BCUT2D eigenvalue weighted by Crippen LogP contribution is -2.25. The summed E-state index contributed by atoms with van der Waals surface area (Å²) in [5.74, 6) is -0.0538. The first-order chi connectivity index (χ1) is 9.15. The number of carbonyl (C=O) groups is 2. The molecule has 5 heteroatoms. The van der Waals surface area contributed by atoms with Crippen molar-refractivity contribution in [1.82, 2.24) is 10.3 Å². The number of ketones is 1. The van der Waals surface area contributed by atoms with Gasteiger partial charge in [0.1, 0.15) is 11.3 Å². The highest BCUT2D eigenvalue weighted by Crippen LogP contribution is 2.14. The van der Waals surface area contributed by atoms with Crippen LogP contribution in [-0.4, -0.2) is 23.2 Å². The minimum absolute atomic E-state index is 0.0333. The molecule has 2 rings (SSSR count). The second-order valence-electron chi connectivity index (χ2n) is 4.46. The van der Waals surface area contributed by atoms with Gasteiger partial charge in [0, 0.05) is 19.4 Å². The van der Waals surface area contributed by atoms with E-state index in [0.717, 1.165) is 23.1 Å². The molecular formula is C14H16N2O3. The maximum Gasteiger partial charge on any atom is 0.220 e. The fourth-order valence-electron chi connectivity index (χ4n) is 1.78. The number of fused-ring (bicyclic) bond motifs is 1. The van der Waals surface area contributed by atoms with Crippen LogP contribution < -0.4 is 5.32 Å². The molecule has 0 spiro atoms. The molecule has 0 aliphatic carbocycles. The quantitative estimate of drug-likeness (QED) is 0.860. The van der Waals surface area contributed by atoms with Gasteiger partial charge in [0.05, 0.1) is 0 Å². The monoisotopic (exact) mass is 260 g/mol. The van der Waals surface area contributed by atoms with E-state index in [4.69, 9.17) is 4.42 Å². The first kappa shape index (κ1) is 13.3. The van der Waals surface area contributed by atoms with Gasteiger partial charge in [-0.3, -0.25) is 4.79 Å². The number of amides is 1. The predicted octanol–water partition coefficient (Wildman–Crippen LogP) is 1.86. The van der Waals surface area contributed by atoms with Crippen molar-refractivity contribution < 1.29 is 14.0 Å². The summed E-state index contributed by atoms with van der Waals surface area (Å²) in [4.78, 5) is 26.2. The highest BCUT2D eigenvalue weighted by Gasteiger charge is 2.04. The number of aromatic nitrogens is 1. The molecular weight excluding hydrogens is 244 g/mol. The number of hydrogen-bond acceptors (Lipinski definition) is 4. The fraction of sp³-hybridized carbons (Fsp3) is 0.357. The van der Waals surface area contributed by atoms with Crippen LogP contribution in [-0.2, 0) is 16.0 Å². The Morgan fingerprint density at radius 3 is 2.95 bits per heavy atom. The average molecular weight is 260 g/mol. The summed E-state index contributed by atoms with van der Waals surface area (Å²) in [5.41, 5.74) is 2.66. The second-order valence-corrected chi connectivity index (χ2v) is 4.46. The highest BCUT2D eigenvalue weighted by atomic mass is 16.3. The molecule has 1 amide bonds. The molecule has 1 N–H and O–H groups in total. The standard InChI is InChI=1S/C14H16N2O3/c1-10(17)2-5-14(18)15-7-6-11-3-4-12-13(8-11)19-9-16-12/h3-4,8-9H,2,5-7H2,1H3,(H,15,18). The van der Waals surface area contributed by atoms with Gasteiger partial charge in [0.15, 0.2) is 12.0 Å². The zero-order valence-corrected chi connectivity index (χ0v) is 10.8. The maximum atomic E-state index is 11.4. The van der Waals surface area contributed by atoms with Crippen molar-refractivity contribution in [2.75, 3.05) is 6.54 Å². The van der Waals surface area contributed by atoms with Gasteiger partial charge in [0.25, 0.3) is 0 Å².